The predicted molar refractivity (Wildman–Crippen MR) is 85.4 cm³/mol. The van der Waals surface area contributed by atoms with E-state index in [4.69, 9.17) is 4.74 Å². The summed E-state index contributed by atoms with van der Waals surface area (Å²) in [7, 11) is 2.06. The van der Waals surface area contributed by atoms with Crippen LogP contribution < -0.4 is 5.32 Å². The smallest absolute Gasteiger partial charge is 0.0944 e. The lowest BCUT2D eigenvalue weighted by molar-refractivity contribution is -0.0159. The summed E-state index contributed by atoms with van der Waals surface area (Å²) in [6.45, 7) is 4.97. The number of hydrogen-bond donors (Lipinski definition) is 1. The zero-order valence-electron chi connectivity index (χ0n) is 13.0. The Morgan fingerprint density at radius 1 is 1.40 bits per heavy atom. The van der Waals surface area contributed by atoms with Gasteiger partial charge in [0.15, 0.2) is 0 Å². The Labute approximate surface area is 127 Å². The van der Waals surface area contributed by atoms with Gasteiger partial charge >= 0.3 is 0 Å². The quantitative estimate of drug-likeness (QED) is 0.835. The summed E-state index contributed by atoms with van der Waals surface area (Å²) < 4.78 is 6.13. The maximum absolute atomic E-state index is 6.13. The average molecular weight is 296 g/mol. The molecule has 0 amide bonds. The van der Waals surface area contributed by atoms with Crippen molar-refractivity contribution in [2.75, 3.05) is 13.7 Å². The minimum absolute atomic E-state index is 0.328. The first-order chi connectivity index (χ1) is 9.74. The van der Waals surface area contributed by atoms with E-state index in [1.807, 2.05) is 0 Å². The summed E-state index contributed by atoms with van der Waals surface area (Å²) in [6.07, 6.45) is 8.07. The Bertz CT molecular complexity index is 388. The molecule has 0 bridgehead atoms. The molecule has 2 rings (SSSR count). The van der Waals surface area contributed by atoms with Crippen LogP contribution in [0.15, 0.2) is 5.38 Å². The fourth-order valence-corrected chi connectivity index (χ4v) is 4.13. The SMILES string of the molecule is CCOC(C1CCCCC1)C(Cc1nc(C)cs1)NC. The fourth-order valence-electron chi connectivity index (χ4n) is 3.30. The van der Waals surface area contributed by atoms with Gasteiger partial charge in [-0.3, -0.25) is 0 Å². The van der Waals surface area contributed by atoms with E-state index >= 15 is 0 Å². The molecule has 0 saturated heterocycles. The van der Waals surface area contributed by atoms with Gasteiger partial charge in [-0.2, -0.15) is 0 Å². The molecule has 1 saturated carbocycles. The first kappa shape index (κ1) is 15.9. The van der Waals surface area contributed by atoms with Crippen LogP contribution in [0.1, 0.15) is 49.7 Å². The Morgan fingerprint density at radius 3 is 2.70 bits per heavy atom. The van der Waals surface area contributed by atoms with Crippen LogP contribution in [0.5, 0.6) is 0 Å². The first-order valence-corrected chi connectivity index (χ1v) is 8.82. The van der Waals surface area contributed by atoms with E-state index in [9.17, 15) is 0 Å². The third-order valence-corrected chi connectivity index (χ3v) is 5.29. The molecule has 3 nitrogen and oxygen atoms in total. The highest BCUT2D eigenvalue weighted by atomic mass is 32.1. The van der Waals surface area contributed by atoms with Crippen molar-refractivity contribution >= 4 is 11.3 Å². The van der Waals surface area contributed by atoms with Crippen LogP contribution >= 0.6 is 11.3 Å². The van der Waals surface area contributed by atoms with Crippen molar-refractivity contribution in [2.45, 2.75) is 64.5 Å². The second-order valence-corrected chi connectivity index (χ2v) is 6.74. The molecule has 1 aromatic rings. The second-order valence-electron chi connectivity index (χ2n) is 5.80. The summed E-state index contributed by atoms with van der Waals surface area (Å²) in [5.74, 6) is 0.710. The fraction of sp³-hybridized carbons (Fsp3) is 0.812. The van der Waals surface area contributed by atoms with Crippen molar-refractivity contribution in [1.29, 1.82) is 0 Å². The van der Waals surface area contributed by atoms with Crippen molar-refractivity contribution in [1.82, 2.24) is 10.3 Å². The molecule has 1 heterocycles. The number of hydrogen-bond acceptors (Lipinski definition) is 4. The van der Waals surface area contributed by atoms with Gasteiger partial charge in [-0.1, -0.05) is 19.3 Å². The summed E-state index contributed by atoms with van der Waals surface area (Å²) in [6, 6.07) is 0.378. The number of aromatic nitrogens is 1. The maximum Gasteiger partial charge on any atom is 0.0944 e. The lowest BCUT2D eigenvalue weighted by Gasteiger charge is -2.35. The molecule has 1 N–H and O–H groups in total. The zero-order valence-corrected chi connectivity index (χ0v) is 13.8. The van der Waals surface area contributed by atoms with Crippen molar-refractivity contribution in [3.8, 4) is 0 Å². The number of likely N-dealkylation sites (N-methyl/N-ethyl adjacent to an activating group) is 1. The molecular weight excluding hydrogens is 268 g/mol. The third-order valence-electron chi connectivity index (χ3n) is 4.30. The van der Waals surface area contributed by atoms with Crippen LogP contribution in [-0.2, 0) is 11.2 Å². The Balaban J connectivity index is 2.03. The minimum Gasteiger partial charge on any atom is -0.377 e. The van der Waals surface area contributed by atoms with Crippen LogP contribution in [0.2, 0.25) is 0 Å². The summed E-state index contributed by atoms with van der Waals surface area (Å²) in [4.78, 5) is 4.61. The maximum atomic E-state index is 6.13. The number of nitrogens with one attached hydrogen (secondary N) is 1. The molecule has 0 radical (unpaired) electrons. The van der Waals surface area contributed by atoms with Gasteiger partial charge in [0.05, 0.1) is 11.1 Å². The number of rotatable bonds is 7. The second kappa shape index (κ2) is 8.11. The van der Waals surface area contributed by atoms with E-state index in [0.29, 0.717) is 18.1 Å². The standard InChI is InChI=1S/C16H28N2OS/c1-4-19-16(13-8-6-5-7-9-13)14(17-3)10-15-18-12(2)11-20-15/h11,13-14,16-17H,4-10H2,1-3H3. The highest BCUT2D eigenvalue weighted by Gasteiger charge is 2.30. The first-order valence-electron chi connectivity index (χ1n) is 7.94. The highest BCUT2D eigenvalue weighted by molar-refractivity contribution is 7.09. The van der Waals surface area contributed by atoms with E-state index in [2.05, 4.69) is 36.6 Å². The summed E-state index contributed by atoms with van der Waals surface area (Å²) in [5.41, 5.74) is 1.13. The number of thiazole rings is 1. The van der Waals surface area contributed by atoms with Gasteiger partial charge in [0.25, 0.3) is 0 Å². The Hall–Kier alpha value is -0.450. The van der Waals surface area contributed by atoms with Gasteiger partial charge in [0.1, 0.15) is 0 Å². The largest absolute Gasteiger partial charge is 0.377 e. The summed E-state index contributed by atoms with van der Waals surface area (Å²) >= 11 is 1.77. The van der Waals surface area contributed by atoms with Gasteiger partial charge in [-0.15, -0.1) is 11.3 Å². The van der Waals surface area contributed by atoms with Crippen molar-refractivity contribution < 1.29 is 4.74 Å². The molecule has 4 heteroatoms. The molecule has 1 aliphatic rings. The summed E-state index contributed by atoms with van der Waals surface area (Å²) in [5, 5.41) is 6.85. The Kier molecular flexibility index (Phi) is 6.46. The number of ether oxygens (including phenoxy) is 1. The van der Waals surface area contributed by atoms with Gasteiger partial charge in [-0.25, -0.2) is 4.98 Å². The molecule has 2 unspecified atom stereocenters. The number of nitrogens with zero attached hydrogens (tertiary/aromatic N) is 1. The number of aryl methyl sites for hydroxylation is 1. The van der Waals surface area contributed by atoms with E-state index in [-0.39, 0.29) is 0 Å². The molecule has 20 heavy (non-hydrogen) atoms. The van der Waals surface area contributed by atoms with E-state index in [1.54, 1.807) is 11.3 Å². The normalized spacial score (nSPS) is 19.9. The van der Waals surface area contributed by atoms with Crippen LogP contribution in [0.3, 0.4) is 0 Å². The Morgan fingerprint density at radius 2 is 2.15 bits per heavy atom. The van der Waals surface area contributed by atoms with Crippen LogP contribution in [0.25, 0.3) is 0 Å². The van der Waals surface area contributed by atoms with Crippen LogP contribution in [0, 0.1) is 12.8 Å². The molecule has 2 atom stereocenters. The molecule has 0 spiro atoms. The average Bonchev–Trinajstić information content (AvgIpc) is 2.89. The van der Waals surface area contributed by atoms with Gasteiger partial charge in [0.2, 0.25) is 0 Å². The van der Waals surface area contributed by atoms with Crippen molar-refractivity contribution in [3.05, 3.63) is 16.1 Å². The van der Waals surface area contributed by atoms with Gasteiger partial charge < -0.3 is 10.1 Å². The molecule has 114 valence electrons. The predicted octanol–water partition coefficient (Wildman–Crippen LogP) is 3.57. The third kappa shape index (κ3) is 4.27. The van der Waals surface area contributed by atoms with Crippen LogP contribution in [-0.4, -0.2) is 30.8 Å². The zero-order chi connectivity index (χ0) is 14.4. The van der Waals surface area contributed by atoms with E-state index in [0.717, 1.165) is 18.7 Å². The van der Waals surface area contributed by atoms with E-state index < -0.39 is 0 Å². The minimum atomic E-state index is 0.328. The highest BCUT2D eigenvalue weighted by Crippen LogP contribution is 2.30. The topological polar surface area (TPSA) is 34.1 Å². The lowest BCUT2D eigenvalue weighted by Crippen LogP contribution is -2.46. The molecule has 1 aliphatic carbocycles. The van der Waals surface area contributed by atoms with Gasteiger partial charge in [-0.05, 0) is 39.7 Å². The monoisotopic (exact) mass is 296 g/mol. The van der Waals surface area contributed by atoms with Crippen LogP contribution in [0.4, 0.5) is 0 Å². The van der Waals surface area contributed by atoms with Crippen molar-refractivity contribution in [3.63, 3.8) is 0 Å². The lowest BCUT2D eigenvalue weighted by atomic mass is 9.82. The van der Waals surface area contributed by atoms with Gasteiger partial charge in [0, 0.05) is 30.1 Å². The molecule has 1 aromatic heterocycles. The van der Waals surface area contributed by atoms with Crippen molar-refractivity contribution in [2.24, 2.45) is 5.92 Å². The van der Waals surface area contributed by atoms with E-state index in [1.165, 1.54) is 37.1 Å². The molecule has 0 aliphatic heterocycles. The molecular formula is C16H28N2OS. The molecule has 0 aromatic carbocycles. The molecule has 1 fully saturated rings.